The Morgan fingerprint density at radius 1 is 1.00 bits per heavy atom. The van der Waals surface area contributed by atoms with Crippen molar-refractivity contribution in [1.82, 2.24) is 0 Å². The molecule has 110 valence electrons. The van der Waals surface area contributed by atoms with Crippen LogP contribution >= 0.6 is 0 Å². The van der Waals surface area contributed by atoms with E-state index in [1.54, 1.807) is 0 Å². The second-order valence-corrected chi connectivity index (χ2v) is 7.77. The molecule has 0 saturated carbocycles. The van der Waals surface area contributed by atoms with Crippen LogP contribution in [0.5, 0.6) is 0 Å². The molecule has 0 aliphatic heterocycles. The van der Waals surface area contributed by atoms with Crippen molar-refractivity contribution in [3.05, 3.63) is 34.6 Å². The highest BCUT2D eigenvalue weighted by atomic mass is 16.3. The van der Waals surface area contributed by atoms with Crippen molar-refractivity contribution in [1.29, 1.82) is 0 Å². The molecular weight excluding hydrogens is 246 g/mol. The van der Waals surface area contributed by atoms with Crippen molar-refractivity contribution >= 4 is 11.0 Å². The maximum absolute atomic E-state index is 6.05. The summed E-state index contributed by atoms with van der Waals surface area (Å²) in [4.78, 5) is 0. The highest BCUT2D eigenvalue weighted by molar-refractivity contribution is 5.87. The smallest absolute Gasteiger partial charge is 0.137 e. The quantitative estimate of drug-likeness (QED) is 0.811. The first-order valence-electron chi connectivity index (χ1n) is 7.32. The van der Waals surface area contributed by atoms with Gasteiger partial charge in [0.25, 0.3) is 0 Å². The van der Waals surface area contributed by atoms with Crippen molar-refractivity contribution in [2.75, 3.05) is 0 Å². The van der Waals surface area contributed by atoms with Gasteiger partial charge in [-0.3, -0.25) is 0 Å². The molecule has 0 aliphatic rings. The predicted molar refractivity (Wildman–Crippen MR) is 86.2 cm³/mol. The van der Waals surface area contributed by atoms with E-state index in [0.29, 0.717) is 6.54 Å². The molecule has 2 rings (SSSR count). The van der Waals surface area contributed by atoms with Crippen molar-refractivity contribution < 1.29 is 4.42 Å². The van der Waals surface area contributed by atoms with E-state index in [1.165, 1.54) is 22.1 Å². The molecule has 0 spiro atoms. The molecule has 0 atom stereocenters. The number of furan rings is 1. The first kappa shape index (κ1) is 15.1. The zero-order valence-corrected chi connectivity index (χ0v) is 13.8. The summed E-state index contributed by atoms with van der Waals surface area (Å²) in [7, 11) is 0. The second kappa shape index (κ2) is 4.63. The van der Waals surface area contributed by atoms with Crippen molar-refractivity contribution in [2.45, 2.75) is 65.8 Å². The summed E-state index contributed by atoms with van der Waals surface area (Å²) in [5, 5.41) is 1.22. The normalized spacial score (nSPS) is 13.2. The lowest BCUT2D eigenvalue weighted by Gasteiger charge is -2.22. The van der Waals surface area contributed by atoms with Gasteiger partial charge < -0.3 is 10.2 Å². The average molecular weight is 273 g/mol. The Hall–Kier alpha value is -1.28. The molecule has 20 heavy (non-hydrogen) atoms. The number of rotatable bonds is 1. The van der Waals surface area contributed by atoms with Gasteiger partial charge in [0.05, 0.1) is 6.54 Å². The van der Waals surface area contributed by atoms with Crippen LogP contribution in [0.4, 0.5) is 0 Å². The summed E-state index contributed by atoms with van der Waals surface area (Å²) < 4.78 is 6.05. The second-order valence-electron chi connectivity index (χ2n) is 7.77. The summed E-state index contributed by atoms with van der Waals surface area (Å²) in [6.07, 6.45) is 0. The highest BCUT2D eigenvalue weighted by Gasteiger charge is 2.26. The third-order valence-corrected chi connectivity index (χ3v) is 3.85. The van der Waals surface area contributed by atoms with Crippen LogP contribution in [-0.4, -0.2) is 0 Å². The number of fused-ring (bicyclic) bond motifs is 1. The van der Waals surface area contributed by atoms with Gasteiger partial charge in [0.2, 0.25) is 0 Å². The molecule has 0 fully saturated rings. The van der Waals surface area contributed by atoms with Crippen LogP contribution in [0.15, 0.2) is 16.5 Å². The molecule has 0 radical (unpaired) electrons. The van der Waals surface area contributed by atoms with E-state index in [9.17, 15) is 0 Å². The fourth-order valence-electron chi connectivity index (χ4n) is 2.82. The first-order valence-corrected chi connectivity index (χ1v) is 7.32. The molecular formula is C18H27NO. The third-order valence-electron chi connectivity index (χ3n) is 3.85. The summed E-state index contributed by atoms with van der Waals surface area (Å²) in [6, 6.07) is 4.52. The van der Waals surface area contributed by atoms with Crippen molar-refractivity contribution in [3.8, 4) is 0 Å². The van der Waals surface area contributed by atoms with Gasteiger partial charge in [0.15, 0.2) is 0 Å². The maximum atomic E-state index is 6.05. The number of benzene rings is 1. The van der Waals surface area contributed by atoms with E-state index in [4.69, 9.17) is 10.2 Å². The number of nitrogens with two attached hydrogens (primary N) is 1. The minimum absolute atomic E-state index is 0.0307. The van der Waals surface area contributed by atoms with Crippen LogP contribution in [0.25, 0.3) is 11.0 Å². The first-order chi connectivity index (χ1) is 9.05. The Morgan fingerprint density at radius 2 is 1.60 bits per heavy atom. The molecule has 0 amide bonds. The molecule has 0 aliphatic carbocycles. The van der Waals surface area contributed by atoms with E-state index in [0.717, 1.165) is 11.3 Å². The van der Waals surface area contributed by atoms with Crippen LogP contribution in [-0.2, 0) is 17.4 Å². The molecule has 1 heterocycles. The maximum Gasteiger partial charge on any atom is 0.137 e. The molecule has 1 aromatic carbocycles. The molecule has 0 unspecified atom stereocenters. The van der Waals surface area contributed by atoms with Gasteiger partial charge in [-0.1, -0.05) is 47.6 Å². The van der Waals surface area contributed by atoms with Crippen LogP contribution < -0.4 is 5.73 Å². The van der Waals surface area contributed by atoms with Crippen molar-refractivity contribution in [2.24, 2.45) is 5.73 Å². The number of hydrogen-bond donors (Lipinski definition) is 1. The Balaban J connectivity index is 2.87. The molecule has 0 bridgehead atoms. The van der Waals surface area contributed by atoms with E-state index >= 15 is 0 Å². The minimum Gasteiger partial charge on any atom is -0.459 e. The monoisotopic (exact) mass is 273 g/mol. The third kappa shape index (κ3) is 2.49. The average Bonchev–Trinajstić information content (AvgIpc) is 2.66. The summed E-state index contributed by atoms with van der Waals surface area (Å²) >= 11 is 0. The topological polar surface area (TPSA) is 39.2 Å². The van der Waals surface area contributed by atoms with Gasteiger partial charge in [0.1, 0.15) is 11.3 Å². The van der Waals surface area contributed by atoms with Crippen LogP contribution in [0, 0.1) is 6.92 Å². The van der Waals surface area contributed by atoms with Gasteiger partial charge in [-0.15, -0.1) is 0 Å². The van der Waals surface area contributed by atoms with Gasteiger partial charge in [-0.05, 0) is 34.9 Å². The Morgan fingerprint density at radius 3 is 2.05 bits per heavy atom. The standard InChI is InChI=1S/C18H27NO/c1-11-8-12(17(2,3)4)9-13-15(18(5,6)7)14(10-19)20-16(11)13/h8-9H,10,19H2,1-7H3. The van der Waals surface area contributed by atoms with E-state index < -0.39 is 0 Å². The lowest BCUT2D eigenvalue weighted by atomic mass is 9.81. The van der Waals surface area contributed by atoms with Crippen LogP contribution in [0.2, 0.25) is 0 Å². The van der Waals surface area contributed by atoms with Crippen LogP contribution in [0.3, 0.4) is 0 Å². The highest BCUT2D eigenvalue weighted by Crippen LogP contribution is 2.39. The molecule has 2 heteroatoms. The Labute approximate surface area is 122 Å². The van der Waals surface area contributed by atoms with Gasteiger partial charge in [0, 0.05) is 10.9 Å². The fraction of sp³-hybridized carbons (Fsp3) is 0.556. The number of hydrogen-bond acceptors (Lipinski definition) is 2. The number of aryl methyl sites for hydroxylation is 1. The van der Waals surface area contributed by atoms with Gasteiger partial charge >= 0.3 is 0 Å². The SMILES string of the molecule is Cc1cc(C(C)(C)C)cc2c(C(C)(C)C)c(CN)oc12. The molecule has 2 N–H and O–H groups in total. The van der Waals surface area contributed by atoms with Gasteiger partial charge in [-0.25, -0.2) is 0 Å². The van der Waals surface area contributed by atoms with Gasteiger partial charge in [-0.2, -0.15) is 0 Å². The van der Waals surface area contributed by atoms with Crippen molar-refractivity contribution in [3.63, 3.8) is 0 Å². The summed E-state index contributed by atoms with van der Waals surface area (Å²) in [6.45, 7) is 16.0. The fourth-order valence-corrected chi connectivity index (χ4v) is 2.82. The minimum atomic E-state index is 0.0307. The van der Waals surface area contributed by atoms with E-state index in [2.05, 4.69) is 60.6 Å². The van der Waals surface area contributed by atoms with E-state index in [1.807, 2.05) is 0 Å². The largest absolute Gasteiger partial charge is 0.459 e. The van der Waals surface area contributed by atoms with Crippen LogP contribution in [0.1, 0.15) is 64.0 Å². The lowest BCUT2D eigenvalue weighted by molar-refractivity contribution is 0.510. The van der Waals surface area contributed by atoms with E-state index in [-0.39, 0.29) is 10.8 Å². The molecule has 1 aromatic heterocycles. The Bertz CT molecular complexity index is 636. The summed E-state index contributed by atoms with van der Waals surface area (Å²) in [5.74, 6) is 0.918. The molecule has 0 saturated heterocycles. The summed E-state index contributed by atoms with van der Waals surface area (Å²) in [5.41, 5.74) is 10.8. The zero-order valence-electron chi connectivity index (χ0n) is 13.8. The zero-order chi connectivity index (χ0) is 15.3. The predicted octanol–water partition coefficient (Wildman–Crippen LogP) is 4.79. The molecule has 2 aromatic rings. The molecule has 2 nitrogen and oxygen atoms in total. The lowest BCUT2D eigenvalue weighted by Crippen LogP contribution is -2.15. The Kier molecular flexibility index (Phi) is 3.50.